The zero-order valence-electron chi connectivity index (χ0n) is 10.2. The lowest BCUT2D eigenvalue weighted by molar-refractivity contribution is 0.188. The number of aromatic nitrogens is 2. The van der Waals surface area contributed by atoms with Gasteiger partial charge in [-0.1, -0.05) is 0 Å². The van der Waals surface area contributed by atoms with Gasteiger partial charge in [0.25, 0.3) is 5.56 Å². The molecule has 94 valence electrons. The maximum absolute atomic E-state index is 11.7. The number of ether oxygens (including phenoxy) is 1. The van der Waals surface area contributed by atoms with Gasteiger partial charge in [-0.2, -0.15) is 5.10 Å². The van der Waals surface area contributed by atoms with Crippen molar-refractivity contribution in [3.05, 3.63) is 22.6 Å². The highest BCUT2D eigenvalue weighted by Gasteiger charge is 2.20. The number of nitrogens with one attached hydrogen (secondary N) is 1. The second-order valence-electron chi connectivity index (χ2n) is 4.48. The molecule has 0 aliphatic heterocycles. The monoisotopic (exact) mass is 237 g/mol. The Labute approximate surface area is 101 Å². The Morgan fingerprint density at radius 1 is 1.59 bits per heavy atom. The van der Waals surface area contributed by atoms with Crippen molar-refractivity contribution in [1.29, 1.82) is 0 Å². The van der Waals surface area contributed by atoms with Crippen LogP contribution >= 0.6 is 0 Å². The summed E-state index contributed by atoms with van der Waals surface area (Å²) in [5.74, 6) is 0.791. The molecule has 17 heavy (non-hydrogen) atoms. The first-order chi connectivity index (χ1) is 8.29. The molecule has 1 aromatic rings. The van der Waals surface area contributed by atoms with E-state index in [1.54, 1.807) is 19.4 Å². The van der Waals surface area contributed by atoms with Gasteiger partial charge >= 0.3 is 0 Å². The number of aryl methyl sites for hydroxylation is 1. The lowest BCUT2D eigenvalue weighted by Crippen LogP contribution is -2.23. The van der Waals surface area contributed by atoms with Crippen molar-refractivity contribution in [2.45, 2.75) is 25.8 Å². The van der Waals surface area contributed by atoms with Gasteiger partial charge in [0.05, 0.1) is 11.9 Å². The molecule has 1 heterocycles. The van der Waals surface area contributed by atoms with Crippen molar-refractivity contribution >= 4 is 5.69 Å². The van der Waals surface area contributed by atoms with Gasteiger partial charge in [-0.3, -0.25) is 4.79 Å². The summed E-state index contributed by atoms with van der Waals surface area (Å²) in [6.45, 7) is 2.21. The molecule has 1 aliphatic carbocycles. The SMILES string of the molecule is COCCCn1ncc(NCC2CC2)cc1=O. The van der Waals surface area contributed by atoms with E-state index in [9.17, 15) is 4.79 Å². The molecule has 5 heteroatoms. The fraction of sp³-hybridized carbons (Fsp3) is 0.667. The third-order valence-corrected chi connectivity index (χ3v) is 2.88. The van der Waals surface area contributed by atoms with Gasteiger partial charge in [0, 0.05) is 32.9 Å². The molecule has 1 N–H and O–H groups in total. The molecule has 0 amide bonds. The molecule has 0 aromatic carbocycles. The number of hydrogen-bond acceptors (Lipinski definition) is 4. The summed E-state index contributed by atoms with van der Waals surface area (Å²) in [7, 11) is 1.65. The zero-order valence-corrected chi connectivity index (χ0v) is 10.2. The van der Waals surface area contributed by atoms with E-state index in [4.69, 9.17) is 4.74 Å². The largest absolute Gasteiger partial charge is 0.385 e. The van der Waals surface area contributed by atoms with Gasteiger partial charge in [-0.05, 0) is 25.2 Å². The molecule has 1 fully saturated rings. The first-order valence-corrected chi connectivity index (χ1v) is 6.09. The van der Waals surface area contributed by atoms with Crippen LogP contribution in [-0.2, 0) is 11.3 Å². The smallest absolute Gasteiger partial charge is 0.268 e. The second-order valence-corrected chi connectivity index (χ2v) is 4.48. The Hall–Kier alpha value is -1.36. The minimum Gasteiger partial charge on any atom is -0.385 e. The zero-order chi connectivity index (χ0) is 12.1. The maximum Gasteiger partial charge on any atom is 0.268 e. The third kappa shape index (κ3) is 3.85. The molecular formula is C12H19N3O2. The standard InChI is InChI=1S/C12H19N3O2/c1-17-6-2-5-15-12(16)7-11(9-14-15)13-8-10-3-4-10/h7,9-10,13H,2-6,8H2,1H3. The molecule has 2 rings (SSSR count). The Kier molecular flexibility index (Phi) is 4.14. The van der Waals surface area contributed by atoms with Crippen LogP contribution in [0.1, 0.15) is 19.3 Å². The van der Waals surface area contributed by atoms with Crippen LogP contribution in [0.2, 0.25) is 0 Å². The second kappa shape index (κ2) is 5.82. The summed E-state index contributed by atoms with van der Waals surface area (Å²) in [5.41, 5.74) is 0.770. The first-order valence-electron chi connectivity index (χ1n) is 6.09. The highest BCUT2D eigenvalue weighted by atomic mass is 16.5. The number of hydrogen-bond donors (Lipinski definition) is 1. The summed E-state index contributed by atoms with van der Waals surface area (Å²) in [5, 5.41) is 7.38. The van der Waals surface area contributed by atoms with Crippen LogP contribution in [0.25, 0.3) is 0 Å². The summed E-state index contributed by atoms with van der Waals surface area (Å²) in [6, 6.07) is 1.61. The van der Waals surface area contributed by atoms with Gasteiger partial charge in [0.15, 0.2) is 0 Å². The van der Waals surface area contributed by atoms with Gasteiger partial charge in [0.1, 0.15) is 0 Å². The van der Waals surface area contributed by atoms with Crippen LogP contribution < -0.4 is 10.9 Å². The Bertz CT molecular complexity index is 412. The van der Waals surface area contributed by atoms with Crippen LogP contribution in [0.15, 0.2) is 17.1 Å². The average molecular weight is 237 g/mol. The minimum absolute atomic E-state index is 0.0538. The van der Waals surface area contributed by atoms with Crippen LogP contribution in [0.5, 0.6) is 0 Å². The van der Waals surface area contributed by atoms with E-state index < -0.39 is 0 Å². The summed E-state index contributed by atoms with van der Waals surface area (Å²) < 4.78 is 6.42. The highest BCUT2D eigenvalue weighted by Crippen LogP contribution is 2.28. The quantitative estimate of drug-likeness (QED) is 0.722. The summed E-state index contributed by atoms with van der Waals surface area (Å²) in [6.07, 6.45) is 5.12. The van der Waals surface area contributed by atoms with E-state index in [2.05, 4.69) is 10.4 Å². The van der Waals surface area contributed by atoms with Crippen LogP contribution in [0, 0.1) is 5.92 Å². The molecule has 0 spiro atoms. The molecule has 5 nitrogen and oxygen atoms in total. The fourth-order valence-electron chi connectivity index (χ4n) is 1.64. The number of methoxy groups -OCH3 is 1. The molecule has 1 aliphatic rings. The van der Waals surface area contributed by atoms with E-state index in [0.29, 0.717) is 13.2 Å². The van der Waals surface area contributed by atoms with Crippen LogP contribution in [-0.4, -0.2) is 30.0 Å². The fourth-order valence-corrected chi connectivity index (χ4v) is 1.64. The lowest BCUT2D eigenvalue weighted by Gasteiger charge is -2.07. The molecule has 0 radical (unpaired) electrons. The molecule has 0 atom stereocenters. The molecule has 0 unspecified atom stereocenters. The van der Waals surface area contributed by atoms with Crippen LogP contribution in [0.4, 0.5) is 5.69 Å². The lowest BCUT2D eigenvalue weighted by atomic mass is 10.4. The van der Waals surface area contributed by atoms with Crippen molar-refractivity contribution in [3.63, 3.8) is 0 Å². The molecular weight excluding hydrogens is 218 g/mol. The first kappa shape index (κ1) is 12.1. The predicted molar refractivity (Wildman–Crippen MR) is 66.2 cm³/mol. The molecule has 0 saturated heterocycles. The minimum atomic E-state index is -0.0538. The number of nitrogens with zero attached hydrogens (tertiary/aromatic N) is 2. The van der Waals surface area contributed by atoms with E-state index in [1.807, 2.05) is 0 Å². The Morgan fingerprint density at radius 3 is 3.06 bits per heavy atom. The number of rotatable bonds is 7. The van der Waals surface area contributed by atoms with Gasteiger partial charge < -0.3 is 10.1 Å². The Morgan fingerprint density at radius 2 is 2.41 bits per heavy atom. The molecule has 1 aromatic heterocycles. The van der Waals surface area contributed by atoms with Crippen molar-refractivity contribution in [1.82, 2.24) is 9.78 Å². The normalized spacial score (nSPS) is 14.9. The van der Waals surface area contributed by atoms with Gasteiger partial charge in [-0.15, -0.1) is 0 Å². The van der Waals surface area contributed by atoms with Crippen molar-refractivity contribution in [2.24, 2.45) is 5.92 Å². The van der Waals surface area contributed by atoms with E-state index in [-0.39, 0.29) is 5.56 Å². The van der Waals surface area contributed by atoms with Gasteiger partial charge in [0.2, 0.25) is 0 Å². The summed E-state index contributed by atoms with van der Waals surface area (Å²) >= 11 is 0. The number of anilines is 1. The predicted octanol–water partition coefficient (Wildman–Crippen LogP) is 1.10. The average Bonchev–Trinajstić information content (AvgIpc) is 3.13. The van der Waals surface area contributed by atoms with Crippen molar-refractivity contribution in [2.75, 3.05) is 25.6 Å². The van der Waals surface area contributed by atoms with E-state index in [0.717, 1.165) is 24.6 Å². The molecule has 1 saturated carbocycles. The molecule has 0 bridgehead atoms. The van der Waals surface area contributed by atoms with Crippen molar-refractivity contribution < 1.29 is 4.74 Å². The highest BCUT2D eigenvalue weighted by molar-refractivity contribution is 5.38. The maximum atomic E-state index is 11.7. The van der Waals surface area contributed by atoms with E-state index in [1.165, 1.54) is 17.5 Å². The third-order valence-electron chi connectivity index (χ3n) is 2.88. The van der Waals surface area contributed by atoms with Crippen LogP contribution in [0.3, 0.4) is 0 Å². The summed E-state index contributed by atoms with van der Waals surface area (Å²) in [4.78, 5) is 11.7. The topological polar surface area (TPSA) is 56.1 Å². The Balaban J connectivity index is 1.88. The van der Waals surface area contributed by atoms with E-state index >= 15 is 0 Å². The van der Waals surface area contributed by atoms with Gasteiger partial charge in [-0.25, -0.2) is 4.68 Å². The van der Waals surface area contributed by atoms with Crippen molar-refractivity contribution in [3.8, 4) is 0 Å².